The number of nitrogens with zero attached hydrogens (tertiary/aromatic N) is 1. The zero-order valence-electron chi connectivity index (χ0n) is 10.9. The number of hydrogen-bond donors (Lipinski definition) is 3. The molecular formula is C13H15BrFN3O2. The molecule has 0 bridgehead atoms. The van der Waals surface area contributed by atoms with Crippen LogP contribution in [-0.4, -0.2) is 17.0 Å². The number of rotatable bonds is 3. The Bertz CT molecular complexity index is 571. The van der Waals surface area contributed by atoms with Gasteiger partial charge in [-0.05, 0) is 52.9 Å². The lowest BCUT2D eigenvalue weighted by Crippen LogP contribution is -2.54. The Kier molecular flexibility index (Phi) is 3.99. The van der Waals surface area contributed by atoms with Crippen molar-refractivity contribution in [3.63, 3.8) is 0 Å². The lowest BCUT2D eigenvalue weighted by Gasteiger charge is -2.43. The van der Waals surface area contributed by atoms with E-state index in [1.165, 1.54) is 18.2 Å². The highest BCUT2D eigenvalue weighted by Crippen LogP contribution is 2.46. The second-order valence-corrected chi connectivity index (χ2v) is 6.01. The number of halogens is 2. The first-order valence-electron chi connectivity index (χ1n) is 6.13. The van der Waals surface area contributed by atoms with Crippen LogP contribution in [0, 0.1) is 17.2 Å². The van der Waals surface area contributed by atoms with Crippen molar-refractivity contribution in [1.82, 2.24) is 0 Å². The van der Waals surface area contributed by atoms with Gasteiger partial charge in [0.15, 0.2) is 5.84 Å². The normalized spacial score (nSPS) is 25.9. The second-order valence-electron chi connectivity index (χ2n) is 5.16. The summed E-state index contributed by atoms with van der Waals surface area (Å²) in [5.74, 6) is -0.513. The summed E-state index contributed by atoms with van der Waals surface area (Å²) < 4.78 is 13.5. The van der Waals surface area contributed by atoms with Gasteiger partial charge in [-0.2, -0.15) is 0 Å². The molecule has 20 heavy (non-hydrogen) atoms. The van der Waals surface area contributed by atoms with Crippen LogP contribution in [0.2, 0.25) is 0 Å². The molecule has 1 fully saturated rings. The number of amides is 1. The fraction of sp³-hybridized carbons (Fsp3) is 0.385. The first-order chi connectivity index (χ1) is 9.39. The van der Waals surface area contributed by atoms with Crippen LogP contribution in [0.4, 0.5) is 10.1 Å². The van der Waals surface area contributed by atoms with Gasteiger partial charge in [-0.15, -0.1) is 0 Å². The minimum absolute atomic E-state index is 0.0914. The molecule has 0 saturated heterocycles. The molecule has 1 aliphatic carbocycles. The zero-order chi connectivity index (χ0) is 14.9. The van der Waals surface area contributed by atoms with Crippen molar-refractivity contribution in [3.8, 4) is 0 Å². The number of carbonyl (C=O) groups is 1. The van der Waals surface area contributed by atoms with E-state index in [9.17, 15) is 9.18 Å². The molecule has 2 rings (SSSR count). The lowest BCUT2D eigenvalue weighted by molar-refractivity contribution is -0.127. The van der Waals surface area contributed by atoms with Gasteiger partial charge in [-0.3, -0.25) is 4.79 Å². The van der Waals surface area contributed by atoms with E-state index < -0.39 is 11.2 Å². The molecule has 0 unspecified atom stereocenters. The maximum atomic E-state index is 13.0. The van der Waals surface area contributed by atoms with Crippen molar-refractivity contribution in [3.05, 3.63) is 28.5 Å². The fourth-order valence-corrected chi connectivity index (χ4v) is 3.02. The molecule has 1 saturated carbocycles. The van der Waals surface area contributed by atoms with E-state index in [0.29, 0.717) is 28.9 Å². The summed E-state index contributed by atoms with van der Waals surface area (Å²) in [7, 11) is 0. The van der Waals surface area contributed by atoms with E-state index in [-0.39, 0.29) is 11.7 Å². The first-order valence-corrected chi connectivity index (χ1v) is 6.93. The Balaban J connectivity index is 2.22. The number of oxime groups is 1. The third kappa shape index (κ3) is 2.49. The van der Waals surface area contributed by atoms with E-state index in [1.807, 2.05) is 6.92 Å². The van der Waals surface area contributed by atoms with Gasteiger partial charge in [0.1, 0.15) is 11.2 Å². The van der Waals surface area contributed by atoms with E-state index in [1.54, 1.807) is 0 Å². The summed E-state index contributed by atoms with van der Waals surface area (Å²) in [6.45, 7) is 1.99. The predicted octanol–water partition coefficient (Wildman–Crippen LogP) is 2.69. The Morgan fingerprint density at radius 3 is 2.75 bits per heavy atom. The van der Waals surface area contributed by atoms with Gasteiger partial charge in [-0.25, -0.2) is 4.39 Å². The van der Waals surface area contributed by atoms with Crippen molar-refractivity contribution in [2.45, 2.75) is 19.8 Å². The minimum Gasteiger partial charge on any atom is -0.409 e. The summed E-state index contributed by atoms with van der Waals surface area (Å²) in [5, 5.41) is 14.5. The SMILES string of the molecule is CC1CC(C(=O)Nc2ccc(F)cc2Br)(/C(N)=N/O)C1. The van der Waals surface area contributed by atoms with Gasteiger partial charge in [-0.1, -0.05) is 12.1 Å². The molecule has 0 atom stereocenters. The Hall–Kier alpha value is -1.63. The molecule has 7 heteroatoms. The molecular weight excluding hydrogens is 329 g/mol. The van der Waals surface area contributed by atoms with Crippen molar-refractivity contribution < 1.29 is 14.4 Å². The molecule has 0 radical (unpaired) electrons. The van der Waals surface area contributed by atoms with Gasteiger partial charge in [0.05, 0.1) is 5.69 Å². The Morgan fingerprint density at radius 1 is 1.60 bits per heavy atom. The predicted molar refractivity (Wildman–Crippen MR) is 77.0 cm³/mol. The van der Waals surface area contributed by atoms with E-state index in [4.69, 9.17) is 10.9 Å². The highest BCUT2D eigenvalue weighted by Gasteiger charge is 2.52. The number of nitrogens with two attached hydrogens (primary N) is 1. The van der Waals surface area contributed by atoms with Gasteiger partial charge in [0, 0.05) is 4.47 Å². The molecule has 1 amide bonds. The van der Waals surface area contributed by atoms with Crippen LogP contribution in [0.15, 0.2) is 27.8 Å². The van der Waals surface area contributed by atoms with E-state index in [2.05, 4.69) is 26.4 Å². The quantitative estimate of drug-likeness (QED) is 0.341. The number of anilines is 1. The molecule has 1 aliphatic rings. The fourth-order valence-electron chi connectivity index (χ4n) is 2.57. The number of benzene rings is 1. The number of amidine groups is 1. The van der Waals surface area contributed by atoms with Crippen LogP contribution >= 0.6 is 15.9 Å². The van der Waals surface area contributed by atoms with Crippen LogP contribution in [0.25, 0.3) is 0 Å². The highest BCUT2D eigenvalue weighted by molar-refractivity contribution is 9.10. The Morgan fingerprint density at radius 2 is 2.25 bits per heavy atom. The van der Waals surface area contributed by atoms with Crippen molar-refractivity contribution in [2.24, 2.45) is 22.2 Å². The van der Waals surface area contributed by atoms with Crippen molar-refractivity contribution in [1.29, 1.82) is 0 Å². The van der Waals surface area contributed by atoms with Crippen LogP contribution in [-0.2, 0) is 4.79 Å². The molecule has 1 aromatic rings. The molecule has 0 spiro atoms. The number of hydrogen-bond acceptors (Lipinski definition) is 3. The van der Waals surface area contributed by atoms with E-state index in [0.717, 1.165) is 0 Å². The topological polar surface area (TPSA) is 87.7 Å². The molecule has 0 aromatic heterocycles. The maximum absolute atomic E-state index is 13.0. The molecule has 0 heterocycles. The number of carbonyl (C=O) groups excluding carboxylic acids is 1. The summed E-state index contributed by atoms with van der Waals surface area (Å²) >= 11 is 3.18. The summed E-state index contributed by atoms with van der Waals surface area (Å²) in [6.07, 6.45) is 1.04. The van der Waals surface area contributed by atoms with Crippen LogP contribution in [0.1, 0.15) is 19.8 Å². The standard InChI is InChI=1S/C13H15BrFN3O2/c1-7-5-13(6-7,11(16)18-20)12(19)17-10-3-2-8(15)4-9(10)14/h2-4,7,20H,5-6H2,1H3,(H2,16,18)(H,17,19). The summed E-state index contributed by atoms with van der Waals surface area (Å²) in [5.41, 5.74) is 5.12. The summed E-state index contributed by atoms with van der Waals surface area (Å²) in [4.78, 5) is 12.4. The third-order valence-corrected chi connectivity index (χ3v) is 4.26. The molecule has 4 N–H and O–H groups in total. The first kappa shape index (κ1) is 14.8. The van der Waals surface area contributed by atoms with Crippen LogP contribution in [0.3, 0.4) is 0 Å². The molecule has 5 nitrogen and oxygen atoms in total. The zero-order valence-corrected chi connectivity index (χ0v) is 12.4. The highest BCUT2D eigenvalue weighted by atomic mass is 79.9. The Labute approximate surface area is 124 Å². The lowest BCUT2D eigenvalue weighted by atomic mass is 9.61. The van der Waals surface area contributed by atoms with Crippen LogP contribution in [0.5, 0.6) is 0 Å². The molecule has 1 aromatic carbocycles. The average Bonchev–Trinajstić information content (AvgIpc) is 2.37. The molecule has 0 aliphatic heterocycles. The van der Waals surface area contributed by atoms with Crippen LogP contribution < -0.4 is 11.1 Å². The van der Waals surface area contributed by atoms with Crippen molar-refractivity contribution in [2.75, 3.05) is 5.32 Å². The smallest absolute Gasteiger partial charge is 0.238 e. The largest absolute Gasteiger partial charge is 0.409 e. The van der Waals surface area contributed by atoms with E-state index >= 15 is 0 Å². The van der Waals surface area contributed by atoms with Gasteiger partial charge in [0.2, 0.25) is 5.91 Å². The third-order valence-electron chi connectivity index (χ3n) is 3.61. The van der Waals surface area contributed by atoms with Gasteiger partial charge >= 0.3 is 0 Å². The van der Waals surface area contributed by atoms with Crippen molar-refractivity contribution >= 4 is 33.4 Å². The van der Waals surface area contributed by atoms with Gasteiger partial charge in [0.25, 0.3) is 0 Å². The number of nitrogens with one attached hydrogen (secondary N) is 1. The van der Waals surface area contributed by atoms with Gasteiger partial charge < -0.3 is 16.3 Å². The maximum Gasteiger partial charge on any atom is 0.238 e. The summed E-state index contributed by atoms with van der Waals surface area (Å²) in [6, 6.07) is 3.97. The monoisotopic (exact) mass is 343 g/mol. The minimum atomic E-state index is -0.984. The molecule has 108 valence electrons. The second kappa shape index (κ2) is 5.40. The average molecular weight is 344 g/mol.